The Bertz CT molecular complexity index is 258. The second kappa shape index (κ2) is 5.17. The smallest absolute Gasteiger partial charge is 0.190 e. The molecule has 0 aromatic heterocycles. The molecule has 0 heterocycles. The number of ether oxygens (including phenoxy) is 1. The van der Waals surface area contributed by atoms with Crippen LogP contribution in [0.25, 0.3) is 0 Å². The number of halogens is 3. The van der Waals surface area contributed by atoms with Gasteiger partial charge in [-0.3, -0.25) is 0 Å². The zero-order chi connectivity index (χ0) is 9.68. The summed E-state index contributed by atoms with van der Waals surface area (Å²) in [5.74, 6) is -1.60. The number of rotatable bonds is 4. The van der Waals surface area contributed by atoms with Crippen molar-refractivity contribution in [3.63, 3.8) is 0 Å². The van der Waals surface area contributed by atoms with Gasteiger partial charge in [-0.15, -0.1) is 0 Å². The first-order valence-corrected chi connectivity index (χ1v) is 5.00. The maximum atomic E-state index is 12.9. The van der Waals surface area contributed by atoms with Crippen molar-refractivity contribution in [3.05, 3.63) is 29.8 Å². The van der Waals surface area contributed by atoms with Crippen molar-refractivity contribution in [2.24, 2.45) is 0 Å². The second-order valence-corrected chi connectivity index (χ2v) is 3.23. The van der Waals surface area contributed by atoms with E-state index in [1.807, 2.05) is 0 Å². The van der Waals surface area contributed by atoms with Gasteiger partial charge >= 0.3 is 0 Å². The minimum absolute atomic E-state index is 0.288. The van der Waals surface area contributed by atoms with Crippen molar-refractivity contribution in [1.29, 1.82) is 0 Å². The van der Waals surface area contributed by atoms with Crippen molar-refractivity contribution < 1.29 is 13.5 Å². The van der Waals surface area contributed by atoms with E-state index < -0.39 is 11.6 Å². The van der Waals surface area contributed by atoms with Crippen LogP contribution in [-0.4, -0.2) is 11.9 Å². The van der Waals surface area contributed by atoms with Gasteiger partial charge in [-0.1, -0.05) is 22.0 Å². The van der Waals surface area contributed by atoms with Crippen molar-refractivity contribution in [2.45, 2.75) is 6.42 Å². The zero-order valence-electron chi connectivity index (χ0n) is 6.90. The summed E-state index contributed by atoms with van der Waals surface area (Å²) < 4.78 is 30.7. The summed E-state index contributed by atoms with van der Waals surface area (Å²) in [6.07, 6.45) is 0.716. The fraction of sp³-hybridized carbons (Fsp3) is 0.333. The molecular weight excluding hydrogens is 242 g/mol. The third-order valence-corrected chi connectivity index (χ3v) is 2.00. The van der Waals surface area contributed by atoms with E-state index in [1.54, 1.807) is 0 Å². The lowest BCUT2D eigenvalue weighted by molar-refractivity contribution is 0.286. The molecule has 1 aromatic rings. The van der Waals surface area contributed by atoms with Gasteiger partial charge in [-0.05, 0) is 18.6 Å². The fourth-order valence-electron chi connectivity index (χ4n) is 0.849. The quantitative estimate of drug-likeness (QED) is 0.590. The van der Waals surface area contributed by atoms with E-state index in [0.717, 1.165) is 5.33 Å². The summed E-state index contributed by atoms with van der Waals surface area (Å²) in [6.45, 7) is 0.309. The van der Waals surface area contributed by atoms with Gasteiger partial charge in [0.15, 0.2) is 17.4 Å². The average Bonchev–Trinajstić information content (AvgIpc) is 2.10. The van der Waals surface area contributed by atoms with E-state index in [9.17, 15) is 8.78 Å². The van der Waals surface area contributed by atoms with Gasteiger partial charge in [-0.25, -0.2) is 8.78 Å². The van der Waals surface area contributed by atoms with Gasteiger partial charge in [-0.2, -0.15) is 0 Å². The van der Waals surface area contributed by atoms with Crippen LogP contribution >= 0.6 is 15.9 Å². The van der Waals surface area contributed by atoms with Crippen molar-refractivity contribution in [2.75, 3.05) is 11.9 Å². The highest BCUT2D eigenvalue weighted by Crippen LogP contribution is 2.20. The number of alkyl halides is 1. The van der Waals surface area contributed by atoms with E-state index in [2.05, 4.69) is 15.9 Å². The Morgan fingerprint density at radius 2 is 1.85 bits per heavy atom. The summed E-state index contributed by atoms with van der Waals surface area (Å²) in [4.78, 5) is 0. The Morgan fingerprint density at radius 3 is 2.38 bits per heavy atom. The maximum Gasteiger partial charge on any atom is 0.190 e. The standard InChI is InChI=1S/C9H9BrF2O/c10-5-2-6-13-9-7(11)3-1-4-8(9)12/h1,3-4H,2,5-6H2. The molecule has 0 aliphatic carbocycles. The van der Waals surface area contributed by atoms with Crippen LogP contribution in [0.2, 0.25) is 0 Å². The van der Waals surface area contributed by atoms with Crippen LogP contribution in [0, 0.1) is 11.6 Å². The van der Waals surface area contributed by atoms with Gasteiger partial charge in [0.2, 0.25) is 0 Å². The van der Waals surface area contributed by atoms with Gasteiger partial charge in [0.1, 0.15) is 0 Å². The minimum atomic E-state index is -0.658. The number of hydrogen-bond donors (Lipinski definition) is 0. The molecule has 0 spiro atoms. The van der Waals surface area contributed by atoms with E-state index >= 15 is 0 Å². The molecule has 1 nitrogen and oxygen atoms in total. The summed E-state index contributed by atoms with van der Waals surface area (Å²) in [7, 11) is 0. The predicted octanol–water partition coefficient (Wildman–Crippen LogP) is 3.13. The van der Waals surface area contributed by atoms with Crippen LogP contribution in [0.1, 0.15) is 6.42 Å². The monoisotopic (exact) mass is 250 g/mol. The number of hydrogen-bond acceptors (Lipinski definition) is 1. The van der Waals surface area contributed by atoms with E-state index in [-0.39, 0.29) is 5.75 Å². The molecule has 0 saturated heterocycles. The maximum absolute atomic E-state index is 12.9. The third kappa shape index (κ3) is 2.95. The minimum Gasteiger partial charge on any atom is -0.488 e. The topological polar surface area (TPSA) is 9.23 Å². The van der Waals surface area contributed by atoms with Gasteiger partial charge in [0.05, 0.1) is 6.61 Å². The zero-order valence-corrected chi connectivity index (χ0v) is 8.48. The Balaban J connectivity index is 2.64. The number of benzene rings is 1. The first kappa shape index (κ1) is 10.4. The molecule has 1 aromatic carbocycles. The second-order valence-electron chi connectivity index (χ2n) is 2.44. The van der Waals surface area contributed by atoms with Crippen LogP contribution < -0.4 is 4.74 Å². The van der Waals surface area contributed by atoms with Gasteiger partial charge in [0.25, 0.3) is 0 Å². The molecule has 0 atom stereocenters. The largest absolute Gasteiger partial charge is 0.488 e. The number of para-hydroxylation sites is 1. The van der Waals surface area contributed by atoms with Gasteiger partial charge in [0, 0.05) is 5.33 Å². The summed E-state index contributed by atoms with van der Waals surface area (Å²) >= 11 is 3.19. The summed E-state index contributed by atoms with van der Waals surface area (Å²) in [5, 5.41) is 0.753. The molecule has 0 aliphatic heterocycles. The van der Waals surface area contributed by atoms with E-state index in [1.165, 1.54) is 18.2 Å². The first-order valence-electron chi connectivity index (χ1n) is 3.88. The Morgan fingerprint density at radius 1 is 1.23 bits per heavy atom. The molecule has 1 rings (SSSR count). The van der Waals surface area contributed by atoms with E-state index in [4.69, 9.17) is 4.74 Å². The lowest BCUT2D eigenvalue weighted by Gasteiger charge is -2.06. The summed E-state index contributed by atoms with van der Waals surface area (Å²) in [5.41, 5.74) is 0. The molecule has 0 unspecified atom stereocenters. The molecule has 0 fully saturated rings. The highest BCUT2D eigenvalue weighted by Gasteiger charge is 2.08. The van der Waals surface area contributed by atoms with Crippen molar-refractivity contribution in [3.8, 4) is 5.75 Å². The Labute approximate surface area is 83.8 Å². The third-order valence-electron chi connectivity index (χ3n) is 1.44. The fourth-order valence-corrected chi connectivity index (χ4v) is 1.08. The van der Waals surface area contributed by atoms with Crippen LogP contribution in [0.15, 0.2) is 18.2 Å². The SMILES string of the molecule is Fc1cccc(F)c1OCCCBr. The van der Waals surface area contributed by atoms with Crippen molar-refractivity contribution in [1.82, 2.24) is 0 Å². The Kier molecular flexibility index (Phi) is 4.15. The first-order chi connectivity index (χ1) is 6.25. The Hall–Kier alpha value is -0.640. The molecule has 0 bridgehead atoms. The molecule has 0 amide bonds. The van der Waals surface area contributed by atoms with E-state index in [0.29, 0.717) is 13.0 Å². The molecular formula is C9H9BrF2O. The highest BCUT2D eigenvalue weighted by atomic mass is 79.9. The van der Waals surface area contributed by atoms with Crippen LogP contribution in [-0.2, 0) is 0 Å². The molecule has 72 valence electrons. The lowest BCUT2D eigenvalue weighted by Crippen LogP contribution is -2.01. The van der Waals surface area contributed by atoms with Crippen LogP contribution in [0.3, 0.4) is 0 Å². The van der Waals surface area contributed by atoms with Crippen LogP contribution in [0.5, 0.6) is 5.75 Å². The molecule has 0 radical (unpaired) electrons. The molecule has 13 heavy (non-hydrogen) atoms. The summed E-state index contributed by atoms with van der Waals surface area (Å²) in [6, 6.07) is 3.65. The lowest BCUT2D eigenvalue weighted by atomic mass is 10.3. The van der Waals surface area contributed by atoms with Gasteiger partial charge < -0.3 is 4.74 Å². The molecule has 0 N–H and O–H groups in total. The molecule has 0 saturated carbocycles. The molecule has 0 aliphatic rings. The average molecular weight is 251 g/mol. The highest BCUT2D eigenvalue weighted by molar-refractivity contribution is 9.09. The van der Waals surface area contributed by atoms with Crippen LogP contribution in [0.4, 0.5) is 8.78 Å². The van der Waals surface area contributed by atoms with Crippen molar-refractivity contribution >= 4 is 15.9 Å². The molecule has 4 heteroatoms. The normalized spacial score (nSPS) is 10.1. The predicted molar refractivity (Wildman–Crippen MR) is 50.3 cm³/mol.